The zero-order valence-corrected chi connectivity index (χ0v) is 8.98. The summed E-state index contributed by atoms with van der Waals surface area (Å²) in [5.74, 6) is 0. The van der Waals surface area contributed by atoms with Gasteiger partial charge >= 0.3 is 0 Å². The molecule has 0 aliphatic rings. The summed E-state index contributed by atoms with van der Waals surface area (Å²) in [7, 11) is 0. The Morgan fingerprint density at radius 3 is 1.83 bits per heavy atom. The minimum absolute atomic E-state index is 0.0956. The molecule has 0 atom stereocenters. The van der Waals surface area contributed by atoms with Crippen LogP contribution in [0.5, 0.6) is 0 Å². The molecule has 0 amide bonds. The van der Waals surface area contributed by atoms with Crippen LogP contribution in [0.15, 0.2) is 0 Å². The minimum Gasteiger partial charge on any atom is -0.330 e. The van der Waals surface area contributed by atoms with Crippen LogP contribution in [0.25, 0.3) is 0 Å². The number of rotatable bonds is 5. The molecule has 0 rings (SSSR count). The van der Waals surface area contributed by atoms with Crippen LogP contribution in [0.4, 0.5) is 0 Å². The van der Waals surface area contributed by atoms with Gasteiger partial charge in [0.1, 0.15) is 0 Å². The molecule has 2 heteroatoms. The SMILES string of the molecule is CC(C)(N)C(C)(C)CCCCN. The third-order valence-corrected chi connectivity index (χ3v) is 3.00. The Morgan fingerprint density at radius 1 is 1.00 bits per heavy atom. The van der Waals surface area contributed by atoms with Gasteiger partial charge in [0.05, 0.1) is 0 Å². The molecule has 0 fully saturated rings. The van der Waals surface area contributed by atoms with Crippen LogP contribution in [-0.2, 0) is 0 Å². The Balaban J connectivity index is 3.88. The maximum atomic E-state index is 6.06. The van der Waals surface area contributed by atoms with Gasteiger partial charge in [0.25, 0.3) is 0 Å². The first-order chi connectivity index (χ1) is 5.31. The minimum atomic E-state index is -0.0956. The van der Waals surface area contributed by atoms with E-state index in [0.717, 1.165) is 19.4 Å². The Hall–Kier alpha value is -0.0800. The number of hydrogen-bond acceptors (Lipinski definition) is 2. The standard InChI is InChI=1S/C10H24N2/c1-9(2,10(3,4)12)7-5-6-8-11/h5-8,11-12H2,1-4H3. The monoisotopic (exact) mass is 172 g/mol. The molecular weight excluding hydrogens is 148 g/mol. The van der Waals surface area contributed by atoms with Gasteiger partial charge in [-0.1, -0.05) is 20.3 Å². The van der Waals surface area contributed by atoms with Gasteiger partial charge in [-0.15, -0.1) is 0 Å². The van der Waals surface area contributed by atoms with E-state index in [1.807, 2.05) is 0 Å². The zero-order valence-electron chi connectivity index (χ0n) is 8.98. The Labute approximate surface area is 76.7 Å². The van der Waals surface area contributed by atoms with Gasteiger partial charge in [-0.2, -0.15) is 0 Å². The van der Waals surface area contributed by atoms with Crippen LogP contribution in [0.3, 0.4) is 0 Å². The van der Waals surface area contributed by atoms with E-state index in [-0.39, 0.29) is 11.0 Å². The number of nitrogens with two attached hydrogens (primary N) is 2. The average molecular weight is 172 g/mol. The Morgan fingerprint density at radius 2 is 1.50 bits per heavy atom. The van der Waals surface area contributed by atoms with E-state index in [9.17, 15) is 0 Å². The summed E-state index contributed by atoms with van der Waals surface area (Å²) in [5.41, 5.74) is 11.6. The van der Waals surface area contributed by atoms with Crippen LogP contribution >= 0.6 is 0 Å². The molecule has 12 heavy (non-hydrogen) atoms. The fraction of sp³-hybridized carbons (Fsp3) is 1.00. The highest BCUT2D eigenvalue weighted by Crippen LogP contribution is 2.33. The fourth-order valence-corrected chi connectivity index (χ4v) is 1.03. The predicted octanol–water partition coefficient (Wildman–Crippen LogP) is 1.88. The summed E-state index contributed by atoms with van der Waals surface area (Å²) < 4.78 is 0. The fourth-order valence-electron chi connectivity index (χ4n) is 1.03. The van der Waals surface area contributed by atoms with Gasteiger partial charge in [-0.3, -0.25) is 0 Å². The molecular formula is C10H24N2. The molecule has 74 valence electrons. The van der Waals surface area contributed by atoms with E-state index < -0.39 is 0 Å². The molecule has 0 aliphatic carbocycles. The van der Waals surface area contributed by atoms with Crippen LogP contribution in [0.2, 0.25) is 0 Å². The van der Waals surface area contributed by atoms with Gasteiger partial charge < -0.3 is 11.5 Å². The van der Waals surface area contributed by atoms with E-state index in [4.69, 9.17) is 11.5 Å². The van der Waals surface area contributed by atoms with Gasteiger partial charge in [-0.05, 0) is 38.6 Å². The van der Waals surface area contributed by atoms with Crippen molar-refractivity contribution in [1.82, 2.24) is 0 Å². The Kier molecular flexibility index (Phi) is 4.21. The van der Waals surface area contributed by atoms with Crippen molar-refractivity contribution in [1.29, 1.82) is 0 Å². The van der Waals surface area contributed by atoms with E-state index in [2.05, 4.69) is 27.7 Å². The van der Waals surface area contributed by atoms with Crippen molar-refractivity contribution < 1.29 is 0 Å². The molecule has 0 aromatic carbocycles. The Bertz CT molecular complexity index is 122. The first kappa shape index (κ1) is 11.9. The highest BCUT2D eigenvalue weighted by Gasteiger charge is 2.32. The van der Waals surface area contributed by atoms with Crippen molar-refractivity contribution in [2.45, 2.75) is 52.5 Å². The van der Waals surface area contributed by atoms with Crippen molar-refractivity contribution in [2.75, 3.05) is 6.54 Å². The second-order valence-electron chi connectivity index (χ2n) is 4.85. The summed E-state index contributed by atoms with van der Waals surface area (Å²) in [6.45, 7) is 9.43. The van der Waals surface area contributed by atoms with E-state index in [1.165, 1.54) is 6.42 Å². The largest absolute Gasteiger partial charge is 0.330 e. The molecule has 0 saturated heterocycles. The average Bonchev–Trinajstić information content (AvgIpc) is 1.85. The summed E-state index contributed by atoms with van der Waals surface area (Å²) >= 11 is 0. The zero-order chi connectivity index (χ0) is 9.83. The van der Waals surface area contributed by atoms with Crippen molar-refractivity contribution in [3.63, 3.8) is 0 Å². The van der Waals surface area contributed by atoms with E-state index in [0.29, 0.717) is 0 Å². The maximum Gasteiger partial charge on any atom is 0.0148 e. The molecule has 0 radical (unpaired) electrons. The van der Waals surface area contributed by atoms with Gasteiger partial charge in [-0.25, -0.2) is 0 Å². The second kappa shape index (κ2) is 4.24. The van der Waals surface area contributed by atoms with Gasteiger partial charge in [0.2, 0.25) is 0 Å². The molecule has 2 nitrogen and oxygen atoms in total. The van der Waals surface area contributed by atoms with Crippen molar-refractivity contribution in [3.05, 3.63) is 0 Å². The highest BCUT2D eigenvalue weighted by molar-refractivity contribution is 4.89. The highest BCUT2D eigenvalue weighted by atomic mass is 14.7. The molecule has 0 aliphatic heterocycles. The molecule has 0 heterocycles. The second-order valence-corrected chi connectivity index (χ2v) is 4.85. The number of unbranched alkanes of at least 4 members (excludes halogenated alkanes) is 1. The lowest BCUT2D eigenvalue weighted by atomic mass is 9.72. The van der Waals surface area contributed by atoms with Crippen LogP contribution in [0, 0.1) is 5.41 Å². The van der Waals surface area contributed by atoms with E-state index in [1.54, 1.807) is 0 Å². The smallest absolute Gasteiger partial charge is 0.0148 e. The lowest BCUT2D eigenvalue weighted by Gasteiger charge is -2.38. The maximum absolute atomic E-state index is 6.06. The topological polar surface area (TPSA) is 52.0 Å². The molecule has 0 aromatic heterocycles. The molecule has 4 N–H and O–H groups in total. The molecule has 0 bridgehead atoms. The van der Waals surface area contributed by atoms with Crippen LogP contribution in [0.1, 0.15) is 47.0 Å². The van der Waals surface area contributed by atoms with Crippen molar-refractivity contribution in [2.24, 2.45) is 16.9 Å². The summed E-state index contributed by atoms with van der Waals surface area (Å²) in [6.07, 6.45) is 3.46. The quantitative estimate of drug-likeness (QED) is 0.622. The van der Waals surface area contributed by atoms with Crippen LogP contribution < -0.4 is 11.5 Å². The normalized spacial score (nSPS) is 13.5. The summed E-state index contributed by atoms with van der Waals surface area (Å²) in [4.78, 5) is 0. The van der Waals surface area contributed by atoms with Crippen molar-refractivity contribution in [3.8, 4) is 0 Å². The molecule has 0 spiro atoms. The molecule has 0 saturated carbocycles. The number of hydrogen-bond donors (Lipinski definition) is 2. The molecule has 0 aromatic rings. The summed E-state index contributed by atoms with van der Waals surface area (Å²) in [5, 5.41) is 0. The lowest BCUT2D eigenvalue weighted by Crippen LogP contribution is -2.47. The van der Waals surface area contributed by atoms with Gasteiger partial charge in [0.15, 0.2) is 0 Å². The predicted molar refractivity (Wildman–Crippen MR) is 55.0 cm³/mol. The van der Waals surface area contributed by atoms with Gasteiger partial charge in [0, 0.05) is 5.54 Å². The van der Waals surface area contributed by atoms with Crippen molar-refractivity contribution >= 4 is 0 Å². The lowest BCUT2D eigenvalue weighted by molar-refractivity contribution is 0.181. The summed E-state index contributed by atoms with van der Waals surface area (Å²) in [6, 6.07) is 0. The third-order valence-electron chi connectivity index (χ3n) is 3.00. The van der Waals surface area contributed by atoms with E-state index >= 15 is 0 Å². The first-order valence-electron chi connectivity index (χ1n) is 4.80. The first-order valence-corrected chi connectivity index (χ1v) is 4.80. The molecule has 0 unspecified atom stereocenters. The third kappa shape index (κ3) is 3.55. The van der Waals surface area contributed by atoms with Crippen LogP contribution in [-0.4, -0.2) is 12.1 Å².